The molecule has 0 aliphatic heterocycles. The van der Waals surface area contributed by atoms with Crippen molar-refractivity contribution < 1.29 is 4.79 Å². The van der Waals surface area contributed by atoms with Crippen molar-refractivity contribution >= 4 is 5.78 Å². The Morgan fingerprint density at radius 3 is 2.57 bits per heavy atom. The number of aryl methyl sites for hydroxylation is 1. The van der Waals surface area contributed by atoms with Crippen LogP contribution in [0.3, 0.4) is 0 Å². The summed E-state index contributed by atoms with van der Waals surface area (Å²) in [4.78, 5) is 13.7. The molecule has 4 fully saturated rings. The number of fused-ring (bicyclic) bond motifs is 5. The largest absolute Gasteiger partial charge is 0.294 e. The fraction of sp³-hybridized carbons (Fsp3) is 0.759. The van der Waals surface area contributed by atoms with Crippen molar-refractivity contribution in [2.24, 2.45) is 46.3 Å². The molecule has 0 spiro atoms. The van der Waals surface area contributed by atoms with Gasteiger partial charge in [0.05, 0.1) is 0 Å². The first-order chi connectivity index (χ1) is 14.4. The Balaban J connectivity index is 1.43. The Morgan fingerprint density at radius 2 is 1.80 bits per heavy atom. The van der Waals surface area contributed by atoms with E-state index < -0.39 is 0 Å². The standard InChI is InChI=1S/C29H42O/c1-5-29-17-14-19(2)18-21(29)10-11-23-24-12-13-26(28(24,4)16-15-25(23)29)27(30)22-9-7-6-8-20(22)3/h6-9,19,21,23-26H,5,10-18H2,1-4H3. The summed E-state index contributed by atoms with van der Waals surface area (Å²) in [6, 6.07) is 8.28. The van der Waals surface area contributed by atoms with Gasteiger partial charge in [0.2, 0.25) is 0 Å². The van der Waals surface area contributed by atoms with Gasteiger partial charge in [-0.25, -0.2) is 0 Å². The van der Waals surface area contributed by atoms with Gasteiger partial charge < -0.3 is 0 Å². The van der Waals surface area contributed by atoms with Crippen molar-refractivity contribution in [3.63, 3.8) is 0 Å². The van der Waals surface area contributed by atoms with Crippen LogP contribution in [0.5, 0.6) is 0 Å². The van der Waals surface area contributed by atoms with E-state index in [-0.39, 0.29) is 11.3 Å². The van der Waals surface area contributed by atoms with Crippen LogP contribution in [0.25, 0.3) is 0 Å². The zero-order valence-electron chi connectivity index (χ0n) is 19.8. The molecule has 8 atom stereocenters. The Kier molecular flexibility index (Phi) is 5.19. The molecule has 1 heteroatoms. The molecular weight excluding hydrogens is 364 g/mol. The van der Waals surface area contributed by atoms with Crippen LogP contribution >= 0.6 is 0 Å². The summed E-state index contributed by atoms with van der Waals surface area (Å²) in [5, 5.41) is 0. The van der Waals surface area contributed by atoms with Crippen molar-refractivity contribution in [3.05, 3.63) is 35.4 Å². The fourth-order valence-electron chi connectivity index (χ4n) is 9.44. The first-order valence-corrected chi connectivity index (χ1v) is 13.0. The Hall–Kier alpha value is -1.11. The van der Waals surface area contributed by atoms with E-state index in [2.05, 4.69) is 45.9 Å². The van der Waals surface area contributed by atoms with Gasteiger partial charge in [-0.05, 0) is 111 Å². The first-order valence-electron chi connectivity index (χ1n) is 13.0. The van der Waals surface area contributed by atoms with E-state index in [0.29, 0.717) is 11.2 Å². The topological polar surface area (TPSA) is 17.1 Å². The van der Waals surface area contributed by atoms with Gasteiger partial charge >= 0.3 is 0 Å². The maximum Gasteiger partial charge on any atom is 0.166 e. The molecule has 1 nitrogen and oxygen atoms in total. The molecule has 4 saturated carbocycles. The molecule has 0 saturated heterocycles. The third-order valence-electron chi connectivity index (χ3n) is 11.0. The van der Waals surface area contributed by atoms with Gasteiger partial charge in [-0.3, -0.25) is 4.79 Å². The Labute approximate surface area is 184 Å². The number of ketones is 1. The van der Waals surface area contributed by atoms with Crippen molar-refractivity contribution in [1.82, 2.24) is 0 Å². The van der Waals surface area contributed by atoms with Crippen molar-refractivity contribution in [2.45, 2.75) is 91.9 Å². The molecule has 4 aliphatic rings. The molecular formula is C29H42O. The zero-order valence-corrected chi connectivity index (χ0v) is 19.8. The molecule has 164 valence electrons. The normalized spacial score (nSPS) is 45.3. The van der Waals surface area contributed by atoms with E-state index >= 15 is 0 Å². The van der Waals surface area contributed by atoms with Gasteiger partial charge in [0, 0.05) is 11.5 Å². The van der Waals surface area contributed by atoms with Gasteiger partial charge in [0.15, 0.2) is 5.78 Å². The molecule has 4 aliphatic carbocycles. The van der Waals surface area contributed by atoms with Crippen LogP contribution in [0.2, 0.25) is 0 Å². The second-order valence-electron chi connectivity index (χ2n) is 12.0. The molecule has 0 aromatic heterocycles. The van der Waals surface area contributed by atoms with Crippen LogP contribution in [-0.2, 0) is 0 Å². The molecule has 0 amide bonds. The van der Waals surface area contributed by atoms with E-state index in [1.165, 1.54) is 57.8 Å². The number of benzene rings is 1. The van der Waals surface area contributed by atoms with Gasteiger partial charge in [-0.15, -0.1) is 0 Å². The van der Waals surface area contributed by atoms with E-state index in [9.17, 15) is 4.79 Å². The highest BCUT2D eigenvalue weighted by Gasteiger charge is 2.61. The number of rotatable bonds is 3. The van der Waals surface area contributed by atoms with E-state index in [1.807, 2.05) is 6.07 Å². The number of hydrogen-bond acceptors (Lipinski definition) is 1. The smallest absolute Gasteiger partial charge is 0.166 e. The second-order valence-corrected chi connectivity index (χ2v) is 12.0. The minimum Gasteiger partial charge on any atom is -0.294 e. The highest BCUT2D eigenvalue weighted by atomic mass is 16.1. The summed E-state index contributed by atoms with van der Waals surface area (Å²) in [7, 11) is 0. The lowest BCUT2D eigenvalue weighted by Gasteiger charge is -2.62. The summed E-state index contributed by atoms with van der Waals surface area (Å²) < 4.78 is 0. The third-order valence-corrected chi connectivity index (χ3v) is 11.0. The molecule has 8 unspecified atom stereocenters. The van der Waals surface area contributed by atoms with Crippen LogP contribution < -0.4 is 0 Å². The molecule has 0 N–H and O–H groups in total. The predicted octanol–water partition coefficient (Wildman–Crippen LogP) is 7.86. The van der Waals surface area contributed by atoms with E-state index in [0.717, 1.165) is 47.1 Å². The Morgan fingerprint density at radius 1 is 1.00 bits per heavy atom. The highest BCUT2D eigenvalue weighted by Crippen LogP contribution is 2.68. The number of Topliss-reactive ketones (excluding diaryl/α,β-unsaturated/α-hetero) is 1. The molecule has 5 rings (SSSR count). The van der Waals surface area contributed by atoms with E-state index in [1.54, 1.807) is 0 Å². The number of hydrogen-bond donors (Lipinski definition) is 0. The Bertz CT molecular complexity index is 810. The van der Waals surface area contributed by atoms with Gasteiger partial charge in [-0.2, -0.15) is 0 Å². The molecule has 30 heavy (non-hydrogen) atoms. The predicted molar refractivity (Wildman–Crippen MR) is 125 cm³/mol. The molecule has 0 bridgehead atoms. The van der Waals surface area contributed by atoms with Crippen LogP contribution in [0.1, 0.15) is 101 Å². The average Bonchev–Trinajstić information content (AvgIpc) is 3.10. The van der Waals surface area contributed by atoms with Gasteiger partial charge in [0.1, 0.15) is 0 Å². The maximum atomic E-state index is 13.7. The fourth-order valence-corrected chi connectivity index (χ4v) is 9.44. The number of carbonyl (C=O) groups is 1. The first kappa shape index (κ1) is 20.8. The van der Waals surface area contributed by atoms with Crippen LogP contribution in [-0.4, -0.2) is 5.78 Å². The van der Waals surface area contributed by atoms with Gasteiger partial charge in [0.25, 0.3) is 0 Å². The summed E-state index contributed by atoms with van der Waals surface area (Å²) >= 11 is 0. The summed E-state index contributed by atoms with van der Waals surface area (Å²) in [5.41, 5.74) is 2.99. The number of carbonyl (C=O) groups excluding carboxylic acids is 1. The second kappa shape index (κ2) is 7.49. The van der Waals surface area contributed by atoms with E-state index in [4.69, 9.17) is 0 Å². The molecule has 0 radical (unpaired) electrons. The third kappa shape index (κ3) is 2.90. The lowest BCUT2D eigenvalue weighted by Crippen LogP contribution is -2.54. The summed E-state index contributed by atoms with van der Waals surface area (Å²) in [6.07, 6.45) is 13.8. The minimum absolute atomic E-state index is 0.226. The maximum absolute atomic E-state index is 13.7. The van der Waals surface area contributed by atoms with Crippen molar-refractivity contribution in [2.75, 3.05) is 0 Å². The molecule has 0 heterocycles. The SMILES string of the molecule is CCC12CCC(C)CC1CCC1C3CCC(C(=O)c4ccccc4C)C3(C)CCC12. The lowest BCUT2D eigenvalue weighted by atomic mass is 9.43. The zero-order chi connectivity index (χ0) is 21.1. The van der Waals surface area contributed by atoms with Crippen LogP contribution in [0, 0.1) is 53.3 Å². The van der Waals surface area contributed by atoms with Crippen molar-refractivity contribution in [1.29, 1.82) is 0 Å². The van der Waals surface area contributed by atoms with Crippen LogP contribution in [0.15, 0.2) is 24.3 Å². The molecule has 1 aromatic rings. The minimum atomic E-state index is 0.226. The van der Waals surface area contributed by atoms with Gasteiger partial charge in [-0.1, -0.05) is 51.5 Å². The summed E-state index contributed by atoms with van der Waals surface area (Å²) in [6.45, 7) is 9.60. The summed E-state index contributed by atoms with van der Waals surface area (Å²) in [5.74, 6) is 5.18. The van der Waals surface area contributed by atoms with Crippen LogP contribution in [0.4, 0.5) is 0 Å². The van der Waals surface area contributed by atoms with Crippen molar-refractivity contribution in [3.8, 4) is 0 Å². The average molecular weight is 407 g/mol. The lowest BCUT2D eigenvalue weighted by molar-refractivity contribution is -0.125. The highest BCUT2D eigenvalue weighted by molar-refractivity contribution is 5.99. The quantitative estimate of drug-likeness (QED) is 0.467. The monoisotopic (exact) mass is 406 g/mol. The molecule has 1 aromatic carbocycles.